The molecule has 176 valence electrons. The number of para-hydroxylation sites is 1. The van der Waals surface area contributed by atoms with Gasteiger partial charge in [0, 0.05) is 56.9 Å². The topological polar surface area (TPSA) is 93.8 Å². The molecule has 0 spiro atoms. The Hall–Kier alpha value is -2.42. The predicted octanol–water partition coefficient (Wildman–Crippen LogP) is 2.26. The van der Waals surface area contributed by atoms with Crippen molar-refractivity contribution in [2.75, 3.05) is 64.0 Å². The van der Waals surface area contributed by atoms with Gasteiger partial charge in [0.2, 0.25) is 0 Å². The molecule has 4 N–H and O–H groups in total. The zero-order valence-corrected chi connectivity index (χ0v) is 20.0. The molecule has 4 heterocycles. The van der Waals surface area contributed by atoms with E-state index in [4.69, 9.17) is 5.73 Å². The van der Waals surface area contributed by atoms with Gasteiger partial charge in [-0.15, -0.1) is 10.2 Å². The number of hydrogen-bond acceptors (Lipinski definition) is 8. The van der Waals surface area contributed by atoms with Crippen LogP contribution >= 0.6 is 0 Å². The van der Waals surface area contributed by atoms with Crippen molar-refractivity contribution in [3.8, 4) is 17.0 Å². The summed E-state index contributed by atoms with van der Waals surface area (Å²) >= 11 is 0. The fraction of sp³-hybridized carbons (Fsp3) is 0.583. The van der Waals surface area contributed by atoms with Crippen molar-refractivity contribution in [2.24, 2.45) is 0 Å². The lowest BCUT2D eigenvalue weighted by molar-refractivity contribution is 0.212. The molecule has 2 bridgehead atoms. The molecular formula is C24H39N7O. The van der Waals surface area contributed by atoms with E-state index in [1.165, 1.54) is 25.9 Å². The number of hydrogen-bond donors (Lipinski definition) is 3. The highest BCUT2D eigenvalue weighted by Crippen LogP contribution is 2.35. The molecule has 1 aromatic heterocycles. The lowest BCUT2D eigenvalue weighted by Gasteiger charge is -2.40. The van der Waals surface area contributed by atoms with Crippen LogP contribution in [0, 0.1) is 0 Å². The number of nitrogens with two attached hydrogens (primary N) is 1. The number of benzene rings is 1. The van der Waals surface area contributed by atoms with Crippen molar-refractivity contribution in [1.29, 1.82) is 0 Å². The fourth-order valence-electron chi connectivity index (χ4n) is 4.55. The van der Waals surface area contributed by atoms with Gasteiger partial charge in [0.25, 0.3) is 0 Å². The van der Waals surface area contributed by atoms with E-state index in [1.807, 2.05) is 32.0 Å². The Kier molecular flexibility index (Phi) is 8.67. The number of rotatable bonds is 2. The van der Waals surface area contributed by atoms with Crippen molar-refractivity contribution in [1.82, 2.24) is 25.3 Å². The SMILES string of the molecule is CC.CN1C2CCC1CN(c1cc(-c3ccccc3O)nnc1N)C2.CN1CCNCC1. The standard InChI is InChI=1S/C17H21N5O.C5H12N2.C2H6/c1-21-11-6-7-12(21)10-22(9-11)15-8-14(19-20-17(15)18)13-4-2-3-5-16(13)23;1-7-4-2-6-3-5-7;1-2/h2-5,8,11-12,23H,6-7,9-10H2,1H3,(H2,18,20);6H,2-5H2,1H3;1-2H3. The zero-order valence-electron chi connectivity index (χ0n) is 20.0. The molecule has 1 aromatic carbocycles. The quantitative estimate of drug-likeness (QED) is 0.653. The van der Waals surface area contributed by atoms with Crippen LogP contribution in [-0.2, 0) is 0 Å². The molecule has 32 heavy (non-hydrogen) atoms. The highest BCUT2D eigenvalue weighted by molar-refractivity contribution is 5.74. The summed E-state index contributed by atoms with van der Waals surface area (Å²) in [4.78, 5) is 7.12. The van der Waals surface area contributed by atoms with Gasteiger partial charge in [-0.1, -0.05) is 26.0 Å². The van der Waals surface area contributed by atoms with Crippen LogP contribution in [0.25, 0.3) is 11.3 Å². The lowest BCUT2D eigenvalue weighted by Crippen LogP contribution is -2.52. The van der Waals surface area contributed by atoms with Crippen LogP contribution in [0.2, 0.25) is 0 Å². The predicted molar refractivity (Wildman–Crippen MR) is 132 cm³/mol. The number of nitrogens with one attached hydrogen (secondary N) is 1. The van der Waals surface area contributed by atoms with Gasteiger partial charge in [-0.2, -0.15) is 0 Å². The van der Waals surface area contributed by atoms with E-state index < -0.39 is 0 Å². The molecule has 8 heteroatoms. The van der Waals surface area contributed by atoms with Crippen LogP contribution in [0.5, 0.6) is 5.75 Å². The first-order chi connectivity index (χ1) is 15.5. The molecule has 3 aliphatic rings. The largest absolute Gasteiger partial charge is 0.507 e. The smallest absolute Gasteiger partial charge is 0.169 e. The fourth-order valence-corrected chi connectivity index (χ4v) is 4.55. The van der Waals surface area contributed by atoms with Crippen molar-refractivity contribution in [3.63, 3.8) is 0 Å². The van der Waals surface area contributed by atoms with E-state index >= 15 is 0 Å². The molecule has 8 nitrogen and oxygen atoms in total. The van der Waals surface area contributed by atoms with E-state index in [0.717, 1.165) is 31.9 Å². The molecule has 5 rings (SSSR count). The Labute approximate surface area is 192 Å². The maximum atomic E-state index is 10.0. The minimum absolute atomic E-state index is 0.205. The van der Waals surface area contributed by atoms with Crippen molar-refractivity contribution < 1.29 is 5.11 Å². The molecule has 0 radical (unpaired) electrons. The average molecular weight is 442 g/mol. The van der Waals surface area contributed by atoms with Gasteiger partial charge in [-0.3, -0.25) is 4.90 Å². The van der Waals surface area contributed by atoms with Gasteiger partial charge in [0.05, 0.1) is 11.4 Å². The summed E-state index contributed by atoms with van der Waals surface area (Å²) in [5.41, 5.74) is 8.34. The van der Waals surface area contributed by atoms with Crippen LogP contribution in [-0.4, -0.2) is 90.6 Å². The summed E-state index contributed by atoms with van der Waals surface area (Å²) < 4.78 is 0. The molecule has 3 fully saturated rings. The zero-order chi connectivity index (χ0) is 23.1. The minimum atomic E-state index is 0.205. The van der Waals surface area contributed by atoms with Crippen LogP contribution in [0.15, 0.2) is 30.3 Å². The molecule has 0 amide bonds. The monoisotopic (exact) mass is 441 g/mol. The van der Waals surface area contributed by atoms with Gasteiger partial charge in [-0.25, -0.2) is 0 Å². The third-order valence-corrected chi connectivity index (χ3v) is 6.51. The molecule has 2 unspecified atom stereocenters. The summed E-state index contributed by atoms with van der Waals surface area (Å²) in [6.45, 7) is 10.7. The normalized spacial score (nSPS) is 23.1. The van der Waals surface area contributed by atoms with E-state index in [9.17, 15) is 5.11 Å². The van der Waals surface area contributed by atoms with Gasteiger partial charge in [-0.05, 0) is 45.1 Å². The Balaban J connectivity index is 0.000000272. The number of phenolic OH excluding ortho intramolecular Hbond substituents is 1. The van der Waals surface area contributed by atoms with Crippen LogP contribution < -0.4 is 16.0 Å². The maximum Gasteiger partial charge on any atom is 0.169 e. The van der Waals surface area contributed by atoms with E-state index in [1.54, 1.807) is 12.1 Å². The van der Waals surface area contributed by atoms with E-state index in [0.29, 0.717) is 29.2 Å². The first kappa shape index (κ1) is 24.2. The first-order valence-electron chi connectivity index (χ1n) is 11.8. The summed E-state index contributed by atoms with van der Waals surface area (Å²) in [6, 6.07) is 10.3. The number of aromatic hydroxyl groups is 1. The molecule has 3 aliphatic heterocycles. The first-order valence-corrected chi connectivity index (χ1v) is 11.8. The summed E-state index contributed by atoms with van der Waals surface area (Å²) in [6.07, 6.45) is 2.48. The van der Waals surface area contributed by atoms with Crippen LogP contribution in [0.4, 0.5) is 11.5 Å². The minimum Gasteiger partial charge on any atom is -0.507 e. The molecule has 0 aliphatic carbocycles. The Morgan fingerprint density at radius 1 is 1.00 bits per heavy atom. The Bertz CT molecular complexity index is 842. The molecule has 0 saturated carbocycles. The van der Waals surface area contributed by atoms with Crippen LogP contribution in [0.3, 0.4) is 0 Å². The van der Waals surface area contributed by atoms with E-state index in [2.05, 4.69) is 44.3 Å². The number of phenols is 1. The third kappa shape index (κ3) is 5.68. The summed E-state index contributed by atoms with van der Waals surface area (Å²) in [5.74, 6) is 0.657. The second-order valence-corrected chi connectivity index (χ2v) is 8.53. The second kappa shape index (κ2) is 11.4. The number of nitrogen functional groups attached to an aromatic ring is 1. The molecule has 3 saturated heterocycles. The highest BCUT2D eigenvalue weighted by Gasteiger charge is 2.38. The Morgan fingerprint density at radius 3 is 2.19 bits per heavy atom. The van der Waals surface area contributed by atoms with Crippen molar-refractivity contribution in [3.05, 3.63) is 30.3 Å². The van der Waals surface area contributed by atoms with Gasteiger partial charge in [0.15, 0.2) is 5.82 Å². The lowest BCUT2D eigenvalue weighted by atomic mass is 10.1. The van der Waals surface area contributed by atoms with Gasteiger partial charge in [0.1, 0.15) is 5.75 Å². The van der Waals surface area contributed by atoms with Gasteiger partial charge < -0.3 is 26.0 Å². The van der Waals surface area contributed by atoms with Crippen molar-refractivity contribution >= 4 is 11.5 Å². The number of aromatic nitrogens is 2. The average Bonchev–Trinajstić information content (AvgIpc) is 3.01. The maximum absolute atomic E-state index is 10.0. The number of nitrogens with zero attached hydrogens (tertiary/aromatic N) is 5. The molecule has 2 atom stereocenters. The number of piperazine rings is 2. The number of fused-ring (bicyclic) bond motifs is 2. The summed E-state index contributed by atoms with van der Waals surface area (Å²) in [5, 5.41) is 21.6. The summed E-state index contributed by atoms with van der Waals surface area (Å²) in [7, 11) is 4.36. The van der Waals surface area contributed by atoms with Crippen molar-refractivity contribution in [2.45, 2.75) is 38.8 Å². The highest BCUT2D eigenvalue weighted by atomic mass is 16.3. The van der Waals surface area contributed by atoms with Gasteiger partial charge >= 0.3 is 0 Å². The second-order valence-electron chi connectivity index (χ2n) is 8.53. The number of anilines is 2. The Morgan fingerprint density at radius 2 is 1.62 bits per heavy atom. The van der Waals surface area contributed by atoms with E-state index in [-0.39, 0.29) is 5.75 Å². The third-order valence-electron chi connectivity index (χ3n) is 6.51. The van der Waals surface area contributed by atoms with Crippen LogP contribution in [0.1, 0.15) is 26.7 Å². The molecular weight excluding hydrogens is 402 g/mol. The molecule has 2 aromatic rings. The number of likely N-dealkylation sites (N-methyl/N-ethyl adjacent to an activating group) is 2.